The summed E-state index contributed by atoms with van der Waals surface area (Å²) in [6, 6.07) is 15.2. The molecule has 4 aromatic rings. The molecule has 0 aliphatic heterocycles. The van der Waals surface area contributed by atoms with Gasteiger partial charge in [-0.2, -0.15) is 0 Å². The summed E-state index contributed by atoms with van der Waals surface area (Å²) in [5.74, 6) is -1.04. The van der Waals surface area contributed by atoms with Crippen molar-refractivity contribution in [2.24, 2.45) is 5.73 Å². The van der Waals surface area contributed by atoms with Crippen LogP contribution in [-0.4, -0.2) is 39.6 Å². The number of fused-ring (bicyclic) bond motifs is 1. The van der Waals surface area contributed by atoms with Crippen LogP contribution in [0.4, 0.5) is 5.69 Å². The summed E-state index contributed by atoms with van der Waals surface area (Å²) in [7, 11) is 0. The molecule has 0 aliphatic carbocycles. The number of aromatic amines is 1. The van der Waals surface area contributed by atoms with Crippen molar-refractivity contribution in [2.45, 2.75) is 17.6 Å². The summed E-state index contributed by atoms with van der Waals surface area (Å²) in [6.45, 7) is 0.395. The second kappa shape index (κ2) is 11.3. The topological polar surface area (TPSA) is 143 Å². The Hall–Kier alpha value is -3.73. The Morgan fingerprint density at radius 2 is 1.92 bits per heavy atom. The van der Waals surface area contributed by atoms with Gasteiger partial charge in [-0.1, -0.05) is 53.7 Å². The zero-order valence-electron chi connectivity index (χ0n) is 19.2. The standard InChI is InChI=1S/C25H23ClN6O3S/c1-36-25-28-13-16-11-17(24(35)31-21(16)32-25)23(34)30-20-12-15(7-8-18(20)26)22(33)29-19(9-10-27)14-5-3-2-4-6-14/h2-8,11-13,19H,9-10,27H2,1H3,(H,29,33)(H,30,34)(H,28,31,32,35). The maximum atomic E-state index is 13.0. The highest BCUT2D eigenvalue weighted by atomic mass is 35.5. The van der Waals surface area contributed by atoms with Crippen molar-refractivity contribution in [3.63, 3.8) is 0 Å². The number of halogens is 1. The summed E-state index contributed by atoms with van der Waals surface area (Å²) < 4.78 is 0. The highest BCUT2D eigenvalue weighted by molar-refractivity contribution is 7.98. The van der Waals surface area contributed by atoms with E-state index in [0.717, 1.165) is 5.56 Å². The van der Waals surface area contributed by atoms with Gasteiger partial charge in [0, 0.05) is 17.1 Å². The van der Waals surface area contributed by atoms with Gasteiger partial charge in [0.05, 0.1) is 16.8 Å². The summed E-state index contributed by atoms with van der Waals surface area (Å²) in [6.07, 6.45) is 3.91. The van der Waals surface area contributed by atoms with Crippen molar-refractivity contribution in [2.75, 3.05) is 18.1 Å². The second-order valence-electron chi connectivity index (χ2n) is 7.84. The third kappa shape index (κ3) is 5.73. The maximum absolute atomic E-state index is 13.0. The first-order valence-electron chi connectivity index (χ1n) is 11.0. The van der Waals surface area contributed by atoms with Gasteiger partial charge in [-0.05, 0) is 49.1 Å². The number of aromatic nitrogens is 3. The van der Waals surface area contributed by atoms with E-state index in [4.69, 9.17) is 17.3 Å². The molecule has 1 atom stereocenters. The first-order valence-corrected chi connectivity index (χ1v) is 12.6. The van der Waals surface area contributed by atoms with Gasteiger partial charge in [-0.25, -0.2) is 9.97 Å². The van der Waals surface area contributed by atoms with Crippen LogP contribution in [0.5, 0.6) is 0 Å². The van der Waals surface area contributed by atoms with Crippen molar-refractivity contribution in [1.82, 2.24) is 20.3 Å². The van der Waals surface area contributed by atoms with Crippen LogP contribution in [0.15, 0.2) is 70.7 Å². The molecule has 36 heavy (non-hydrogen) atoms. The van der Waals surface area contributed by atoms with Gasteiger partial charge in [0.25, 0.3) is 17.4 Å². The number of amides is 2. The number of nitrogens with zero attached hydrogens (tertiary/aromatic N) is 2. The summed E-state index contributed by atoms with van der Waals surface area (Å²) in [5.41, 5.74) is 6.74. The van der Waals surface area contributed by atoms with Crippen LogP contribution in [0, 0.1) is 0 Å². The highest BCUT2D eigenvalue weighted by Gasteiger charge is 2.18. The molecule has 184 valence electrons. The lowest BCUT2D eigenvalue weighted by Crippen LogP contribution is -2.30. The van der Waals surface area contributed by atoms with Crippen molar-refractivity contribution < 1.29 is 9.59 Å². The molecule has 2 heterocycles. The van der Waals surface area contributed by atoms with Gasteiger partial charge in [0.15, 0.2) is 5.16 Å². The predicted octanol–water partition coefficient (Wildman–Crippen LogP) is 3.77. The Bertz CT molecular complexity index is 1480. The molecule has 2 amide bonds. The first-order chi connectivity index (χ1) is 17.4. The Morgan fingerprint density at radius 1 is 1.14 bits per heavy atom. The number of H-pyrrole nitrogens is 1. The highest BCUT2D eigenvalue weighted by Crippen LogP contribution is 2.25. The molecule has 0 radical (unpaired) electrons. The van der Waals surface area contributed by atoms with Crippen LogP contribution in [0.2, 0.25) is 5.02 Å². The fraction of sp³-hybridized carbons (Fsp3) is 0.160. The van der Waals surface area contributed by atoms with Crippen LogP contribution < -0.4 is 21.9 Å². The van der Waals surface area contributed by atoms with Crippen LogP contribution >= 0.6 is 23.4 Å². The van der Waals surface area contributed by atoms with Gasteiger partial charge < -0.3 is 21.4 Å². The molecular formula is C25H23ClN6O3S. The smallest absolute Gasteiger partial charge is 0.262 e. The monoisotopic (exact) mass is 522 g/mol. The Kier molecular flexibility index (Phi) is 7.99. The number of pyridine rings is 1. The minimum Gasteiger partial charge on any atom is -0.345 e. The lowest BCUT2D eigenvalue weighted by atomic mass is 10.0. The SMILES string of the molecule is CSc1ncc2cc(C(=O)Nc3cc(C(=O)NC(CCN)c4ccccc4)ccc3Cl)c(=O)[nH]c2n1. The molecule has 2 aromatic carbocycles. The van der Waals surface area contributed by atoms with Crippen LogP contribution in [0.1, 0.15) is 38.7 Å². The van der Waals surface area contributed by atoms with E-state index >= 15 is 0 Å². The number of benzene rings is 2. The van der Waals surface area contributed by atoms with Crippen molar-refractivity contribution in [3.05, 3.63) is 92.9 Å². The minimum atomic E-state index is -0.683. The number of nitrogens with one attached hydrogen (secondary N) is 3. The number of hydrogen-bond acceptors (Lipinski definition) is 7. The molecule has 0 saturated carbocycles. The van der Waals surface area contributed by atoms with E-state index in [9.17, 15) is 14.4 Å². The number of rotatable bonds is 8. The third-order valence-electron chi connectivity index (χ3n) is 5.44. The van der Waals surface area contributed by atoms with Crippen LogP contribution in [0.3, 0.4) is 0 Å². The fourth-order valence-corrected chi connectivity index (χ4v) is 4.12. The molecule has 1 unspecified atom stereocenters. The molecule has 0 aliphatic rings. The van der Waals surface area contributed by atoms with E-state index in [1.807, 2.05) is 36.6 Å². The van der Waals surface area contributed by atoms with E-state index < -0.39 is 11.5 Å². The zero-order valence-corrected chi connectivity index (χ0v) is 20.8. The van der Waals surface area contributed by atoms with Crippen LogP contribution in [-0.2, 0) is 0 Å². The largest absolute Gasteiger partial charge is 0.345 e. The molecule has 9 nitrogen and oxygen atoms in total. The molecule has 0 bridgehead atoms. The quantitative estimate of drug-likeness (QED) is 0.204. The average molecular weight is 523 g/mol. The number of nitrogens with two attached hydrogens (primary N) is 1. The first kappa shape index (κ1) is 25.4. The third-order valence-corrected chi connectivity index (χ3v) is 6.33. The minimum absolute atomic E-state index is 0.138. The molecule has 0 saturated heterocycles. The number of thioether (sulfide) groups is 1. The van der Waals surface area contributed by atoms with E-state index in [2.05, 4.69) is 25.6 Å². The number of anilines is 1. The summed E-state index contributed by atoms with van der Waals surface area (Å²) >= 11 is 7.62. The predicted molar refractivity (Wildman–Crippen MR) is 142 cm³/mol. The van der Waals surface area contributed by atoms with Crippen molar-refractivity contribution in [1.29, 1.82) is 0 Å². The molecule has 4 rings (SSSR count). The molecule has 2 aromatic heterocycles. The molecule has 0 spiro atoms. The van der Waals surface area contributed by atoms with E-state index in [1.54, 1.807) is 6.07 Å². The summed E-state index contributed by atoms with van der Waals surface area (Å²) in [5, 5.41) is 6.82. The van der Waals surface area contributed by atoms with E-state index in [0.29, 0.717) is 29.2 Å². The molecule has 5 N–H and O–H groups in total. The van der Waals surface area contributed by atoms with Gasteiger partial charge in [0.2, 0.25) is 0 Å². The average Bonchev–Trinajstić information content (AvgIpc) is 2.89. The fourth-order valence-electron chi connectivity index (χ4n) is 3.61. The second-order valence-corrected chi connectivity index (χ2v) is 9.02. The Morgan fingerprint density at radius 3 is 2.64 bits per heavy atom. The van der Waals surface area contributed by atoms with Crippen LogP contribution in [0.25, 0.3) is 11.0 Å². The Balaban J connectivity index is 1.56. The number of carbonyl (C=O) groups is 2. The maximum Gasteiger partial charge on any atom is 0.262 e. The lowest BCUT2D eigenvalue weighted by Gasteiger charge is -2.19. The number of hydrogen-bond donors (Lipinski definition) is 4. The van der Waals surface area contributed by atoms with Gasteiger partial charge in [-0.3, -0.25) is 14.4 Å². The van der Waals surface area contributed by atoms with E-state index in [-0.39, 0.29) is 33.8 Å². The number of carbonyl (C=O) groups excluding carboxylic acids is 2. The molecule has 0 fully saturated rings. The molecular weight excluding hydrogens is 500 g/mol. The van der Waals surface area contributed by atoms with Crippen molar-refractivity contribution >= 4 is 51.9 Å². The zero-order chi connectivity index (χ0) is 25.7. The molecule has 11 heteroatoms. The Labute approximate surface area is 215 Å². The van der Waals surface area contributed by atoms with Gasteiger partial charge in [-0.15, -0.1) is 0 Å². The lowest BCUT2D eigenvalue weighted by molar-refractivity contribution is 0.0934. The van der Waals surface area contributed by atoms with Gasteiger partial charge >= 0.3 is 0 Å². The normalized spacial score (nSPS) is 11.8. The van der Waals surface area contributed by atoms with Crippen molar-refractivity contribution in [3.8, 4) is 0 Å². The van der Waals surface area contributed by atoms with Gasteiger partial charge in [0.1, 0.15) is 11.2 Å². The summed E-state index contributed by atoms with van der Waals surface area (Å²) in [4.78, 5) is 49.5. The van der Waals surface area contributed by atoms with E-state index in [1.165, 1.54) is 36.2 Å².